The number of fused-ring (bicyclic) bond motifs is 3. The monoisotopic (exact) mass is 596 g/mol. The van der Waals surface area contributed by atoms with Gasteiger partial charge < -0.3 is 4.57 Å². The number of nitrogens with zero attached hydrogens (tertiary/aromatic N) is 2. The van der Waals surface area contributed by atoms with Gasteiger partial charge in [-0.2, -0.15) is 0 Å². The molecule has 1 aromatic heterocycles. The summed E-state index contributed by atoms with van der Waals surface area (Å²) < 4.78 is 2.36. The average molecular weight is 597 g/mol. The molecule has 0 spiro atoms. The van der Waals surface area contributed by atoms with Crippen molar-refractivity contribution in [2.75, 3.05) is 0 Å². The van der Waals surface area contributed by atoms with Crippen molar-refractivity contribution in [2.45, 2.75) is 33.7 Å². The first-order valence-electron chi connectivity index (χ1n) is 16.2. The Kier molecular flexibility index (Phi) is 9.36. The van der Waals surface area contributed by atoms with Gasteiger partial charge in [-0.05, 0) is 77.6 Å². The molecule has 2 nitrogen and oxygen atoms in total. The van der Waals surface area contributed by atoms with E-state index in [2.05, 4.69) is 182 Å². The molecule has 0 bridgehead atoms. The zero-order valence-corrected chi connectivity index (χ0v) is 27.1. The molecule has 6 aromatic carbocycles. The van der Waals surface area contributed by atoms with Crippen LogP contribution in [0.15, 0.2) is 169 Å². The quantitative estimate of drug-likeness (QED) is 0.163. The highest BCUT2D eigenvalue weighted by Gasteiger charge is 2.12. The fraction of sp³-hybridized carbons (Fsp3) is 0.114. The van der Waals surface area contributed by atoms with Crippen molar-refractivity contribution >= 4 is 33.1 Å². The van der Waals surface area contributed by atoms with Gasteiger partial charge in [0.25, 0.3) is 0 Å². The highest BCUT2D eigenvalue weighted by molar-refractivity contribution is 6.12. The van der Waals surface area contributed by atoms with Crippen LogP contribution in [-0.2, 0) is 0 Å². The Morgan fingerprint density at radius 1 is 0.543 bits per heavy atom. The predicted molar refractivity (Wildman–Crippen MR) is 199 cm³/mol. The van der Waals surface area contributed by atoms with Crippen molar-refractivity contribution < 1.29 is 0 Å². The van der Waals surface area contributed by atoms with Gasteiger partial charge in [0.2, 0.25) is 0 Å². The van der Waals surface area contributed by atoms with Crippen LogP contribution in [0.4, 0.5) is 0 Å². The van der Waals surface area contributed by atoms with Crippen LogP contribution in [0.3, 0.4) is 0 Å². The molecule has 0 amide bonds. The molecule has 2 heteroatoms. The molecule has 7 aromatic rings. The van der Waals surface area contributed by atoms with Crippen LogP contribution < -0.4 is 0 Å². The Hall–Kier alpha value is -5.47. The molecule has 0 saturated heterocycles. The summed E-state index contributed by atoms with van der Waals surface area (Å²) in [6.07, 6.45) is 2.23. The summed E-state index contributed by atoms with van der Waals surface area (Å²) in [4.78, 5) is 5.25. The lowest BCUT2D eigenvalue weighted by atomic mass is 9.99. The molecule has 1 unspecified atom stereocenters. The van der Waals surface area contributed by atoms with Gasteiger partial charge in [0.15, 0.2) is 0 Å². The van der Waals surface area contributed by atoms with E-state index in [0.717, 1.165) is 17.0 Å². The van der Waals surface area contributed by atoms with E-state index in [1.165, 1.54) is 49.6 Å². The second kappa shape index (κ2) is 14.1. The number of benzene rings is 6. The van der Waals surface area contributed by atoms with Crippen molar-refractivity contribution in [3.8, 4) is 16.8 Å². The van der Waals surface area contributed by atoms with Crippen LogP contribution in [0, 0.1) is 0 Å². The number of aromatic nitrogens is 1. The minimum atomic E-state index is 0.0294. The Bertz CT molecular complexity index is 2040. The minimum Gasteiger partial charge on any atom is -0.309 e. The van der Waals surface area contributed by atoms with E-state index in [4.69, 9.17) is 4.99 Å². The average Bonchev–Trinajstić information content (AvgIpc) is 3.47. The van der Waals surface area contributed by atoms with Gasteiger partial charge in [-0.1, -0.05) is 147 Å². The predicted octanol–water partition coefficient (Wildman–Crippen LogP) is 12.1. The van der Waals surface area contributed by atoms with Crippen LogP contribution in [0.25, 0.3) is 44.2 Å². The van der Waals surface area contributed by atoms with Crippen LogP contribution >= 0.6 is 0 Å². The first-order valence-corrected chi connectivity index (χ1v) is 16.2. The summed E-state index contributed by atoms with van der Waals surface area (Å²) >= 11 is 0. The van der Waals surface area contributed by atoms with Crippen molar-refractivity contribution in [3.05, 3.63) is 180 Å². The normalized spacial score (nSPS) is 12.5. The number of aliphatic imine (C=N–C) groups is 1. The highest BCUT2D eigenvalue weighted by Crippen LogP contribution is 2.32. The van der Waals surface area contributed by atoms with Gasteiger partial charge in [0.05, 0.1) is 22.8 Å². The summed E-state index contributed by atoms with van der Waals surface area (Å²) in [6.45, 7) is 8.34. The van der Waals surface area contributed by atoms with Crippen molar-refractivity contribution in [2.24, 2.45) is 4.99 Å². The van der Waals surface area contributed by atoms with E-state index < -0.39 is 0 Å². The summed E-state index contributed by atoms with van der Waals surface area (Å²) in [5, 5.41) is 2.55. The fourth-order valence-electron chi connectivity index (χ4n) is 6.04. The van der Waals surface area contributed by atoms with Crippen LogP contribution in [0.5, 0.6) is 0 Å². The zero-order valence-electron chi connectivity index (χ0n) is 27.1. The highest BCUT2D eigenvalue weighted by atomic mass is 15.0. The van der Waals surface area contributed by atoms with E-state index in [9.17, 15) is 0 Å². The molecule has 226 valence electrons. The van der Waals surface area contributed by atoms with Crippen molar-refractivity contribution in [3.63, 3.8) is 0 Å². The molecule has 0 aliphatic heterocycles. The molecule has 46 heavy (non-hydrogen) atoms. The molecular weight excluding hydrogens is 556 g/mol. The first-order chi connectivity index (χ1) is 22.7. The topological polar surface area (TPSA) is 17.3 Å². The number of rotatable bonds is 7. The van der Waals surface area contributed by atoms with Gasteiger partial charge in [-0.25, -0.2) is 0 Å². The number of para-hydroxylation sites is 2. The molecule has 1 atom stereocenters. The third-order valence-electron chi connectivity index (χ3n) is 8.42. The minimum absolute atomic E-state index is 0.0294. The maximum atomic E-state index is 5.25. The summed E-state index contributed by atoms with van der Waals surface area (Å²) in [6, 6.07) is 56.0. The second-order valence-corrected chi connectivity index (χ2v) is 11.3. The van der Waals surface area contributed by atoms with Crippen LogP contribution in [-0.4, -0.2) is 10.3 Å². The van der Waals surface area contributed by atoms with Crippen molar-refractivity contribution in [1.82, 2.24) is 4.57 Å². The van der Waals surface area contributed by atoms with Gasteiger partial charge in [-0.15, -0.1) is 0 Å². The SMILES string of the molecule is C/C(=C\C(=NC(C)c1ccccc1)c1ccc(-c2ccccc2)cc1)c1ccc(-n2c3ccccc3c3ccccc32)cc1.CC. The molecule has 0 fully saturated rings. The Morgan fingerprint density at radius 3 is 1.61 bits per heavy atom. The summed E-state index contributed by atoms with van der Waals surface area (Å²) in [5.41, 5.74) is 11.6. The van der Waals surface area contributed by atoms with E-state index in [1.54, 1.807) is 0 Å². The largest absolute Gasteiger partial charge is 0.309 e. The summed E-state index contributed by atoms with van der Waals surface area (Å²) in [7, 11) is 0. The molecule has 1 heterocycles. The molecule has 0 radical (unpaired) electrons. The molecule has 0 saturated carbocycles. The van der Waals surface area contributed by atoms with Gasteiger partial charge >= 0.3 is 0 Å². The first kappa shape index (κ1) is 30.6. The van der Waals surface area contributed by atoms with E-state index in [1.807, 2.05) is 13.8 Å². The molecule has 0 N–H and O–H groups in total. The van der Waals surface area contributed by atoms with Gasteiger partial charge in [0, 0.05) is 16.5 Å². The fourth-order valence-corrected chi connectivity index (χ4v) is 6.04. The third-order valence-corrected chi connectivity index (χ3v) is 8.42. The van der Waals surface area contributed by atoms with Gasteiger partial charge in [0.1, 0.15) is 0 Å². The maximum absolute atomic E-state index is 5.25. The molecule has 0 aliphatic carbocycles. The molecule has 7 rings (SSSR count). The maximum Gasteiger partial charge on any atom is 0.0728 e. The van der Waals surface area contributed by atoms with E-state index in [-0.39, 0.29) is 6.04 Å². The summed E-state index contributed by atoms with van der Waals surface area (Å²) in [5.74, 6) is 0. The Balaban J connectivity index is 0.00000182. The molecule has 0 aliphatic rings. The zero-order chi connectivity index (χ0) is 31.9. The molecular formula is C44H40N2. The lowest BCUT2D eigenvalue weighted by molar-refractivity contribution is 0.822. The van der Waals surface area contributed by atoms with Gasteiger partial charge in [-0.3, -0.25) is 4.99 Å². The standard InChI is InChI=1S/C42H34N2.C2H6/c1-30(32-25-27-37(28-26-32)44-41-19-11-9-17-38(41)39-18-10-12-20-42(39)44)29-40(43-31(2)33-13-5-3-6-14-33)36-23-21-35(22-24-36)34-15-7-4-8-16-34;1-2/h3-29,31H,1-2H3;1-2H3/b30-29+,43-40?;. The Labute approximate surface area is 273 Å². The second-order valence-electron chi connectivity index (χ2n) is 11.3. The number of hydrogen-bond donors (Lipinski definition) is 0. The van der Waals surface area contributed by atoms with Crippen LogP contribution in [0.2, 0.25) is 0 Å². The number of allylic oxidation sites excluding steroid dienone is 2. The van der Waals surface area contributed by atoms with Crippen LogP contribution in [0.1, 0.15) is 50.4 Å². The lowest BCUT2D eigenvalue weighted by Gasteiger charge is -2.13. The smallest absolute Gasteiger partial charge is 0.0728 e. The van der Waals surface area contributed by atoms with E-state index >= 15 is 0 Å². The van der Waals surface area contributed by atoms with Crippen molar-refractivity contribution in [1.29, 1.82) is 0 Å². The lowest BCUT2D eigenvalue weighted by Crippen LogP contribution is -2.02. The third kappa shape index (κ3) is 6.34. The Morgan fingerprint density at radius 2 is 1.02 bits per heavy atom. The van der Waals surface area contributed by atoms with E-state index in [0.29, 0.717) is 0 Å². The number of hydrogen-bond acceptors (Lipinski definition) is 1.